The van der Waals surface area contributed by atoms with Gasteiger partial charge >= 0.3 is 5.97 Å². The number of nitriles is 1. The largest absolute Gasteiger partial charge is 0.488 e. The SMILES string of the molecule is COC(=O)c1ccc(NC(=O)/C(C#N)=C/c2ccccc2OCc2ccc(Br)cc2)cc1. The number of carbonyl (C=O) groups excluding carboxylic acids is 2. The first-order valence-corrected chi connectivity index (χ1v) is 10.4. The molecule has 1 amide bonds. The molecule has 0 saturated heterocycles. The number of esters is 1. The molecule has 3 aromatic rings. The summed E-state index contributed by atoms with van der Waals surface area (Å²) >= 11 is 3.40. The fourth-order valence-electron chi connectivity index (χ4n) is 2.78. The number of amides is 1. The van der Waals surface area contributed by atoms with Crippen LogP contribution in [0.2, 0.25) is 0 Å². The van der Waals surface area contributed by atoms with Crippen LogP contribution < -0.4 is 10.1 Å². The summed E-state index contributed by atoms with van der Waals surface area (Å²) < 4.78 is 11.5. The summed E-state index contributed by atoms with van der Waals surface area (Å²) in [6, 6.07) is 23.1. The van der Waals surface area contributed by atoms with Crippen LogP contribution in [-0.2, 0) is 16.1 Å². The van der Waals surface area contributed by atoms with Gasteiger partial charge in [0, 0.05) is 15.7 Å². The van der Waals surface area contributed by atoms with Crippen LogP contribution in [0.25, 0.3) is 6.08 Å². The number of para-hydroxylation sites is 1. The number of ether oxygens (including phenoxy) is 2. The van der Waals surface area contributed by atoms with Gasteiger partial charge in [0.15, 0.2) is 0 Å². The third-order valence-electron chi connectivity index (χ3n) is 4.46. The fourth-order valence-corrected chi connectivity index (χ4v) is 3.05. The summed E-state index contributed by atoms with van der Waals surface area (Å²) in [6.07, 6.45) is 1.48. The van der Waals surface area contributed by atoms with E-state index in [9.17, 15) is 14.9 Å². The van der Waals surface area contributed by atoms with Gasteiger partial charge in [-0.15, -0.1) is 0 Å². The van der Waals surface area contributed by atoms with Crippen molar-refractivity contribution < 1.29 is 19.1 Å². The zero-order chi connectivity index (χ0) is 22.9. The highest BCUT2D eigenvalue weighted by Gasteiger charge is 2.12. The molecule has 3 aromatic carbocycles. The Labute approximate surface area is 194 Å². The van der Waals surface area contributed by atoms with Gasteiger partial charge in [0.05, 0.1) is 12.7 Å². The maximum absolute atomic E-state index is 12.6. The Morgan fingerprint density at radius 1 is 1.03 bits per heavy atom. The van der Waals surface area contributed by atoms with E-state index in [4.69, 9.17) is 4.74 Å². The number of nitrogens with one attached hydrogen (secondary N) is 1. The van der Waals surface area contributed by atoms with E-state index >= 15 is 0 Å². The first kappa shape index (κ1) is 22.8. The molecule has 6 nitrogen and oxygen atoms in total. The van der Waals surface area contributed by atoms with Crippen LogP contribution in [0.4, 0.5) is 5.69 Å². The molecule has 0 aromatic heterocycles. The van der Waals surface area contributed by atoms with Crippen LogP contribution in [-0.4, -0.2) is 19.0 Å². The fraction of sp³-hybridized carbons (Fsp3) is 0.0800. The molecule has 3 rings (SSSR count). The molecule has 160 valence electrons. The van der Waals surface area contributed by atoms with Crippen LogP contribution >= 0.6 is 15.9 Å². The lowest BCUT2D eigenvalue weighted by molar-refractivity contribution is -0.112. The molecule has 0 spiro atoms. The normalized spacial score (nSPS) is 10.7. The molecule has 0 fully saturated rings. The second kappa shape index (κ2) is 10.9. The van der Waals surface area contributed by atoms with Gasteiger partial charge < -0.3 is 14.8 Å². The predicted octanol–water partition coefficient (Wildman–Crippen LogP) is 5.36. The average Bonchev–Trinajstić information content (AvgIpc) is 2.82. The molecule has 7 heteroatoms. The zero-order valence-electron chi connectivity index (χ0n) is 17.2. The Bertz CT molecular complexity index is 1180. The molecule has 0 aliphatic heterocycles. The Hall–Kier alpha value is -3.89. The molecule has 0 heterocycles. The molecule has 0 unspecified atom stereocenters. The summed E-state index contributed by atoms with van der Waals surface area (Å²) in [5.41, 5.74) is 2.32. The second-order valence-corrected chi connectivity index (χ2v) is 7.56. The Morgan fingerprint density at radius 3 is 2.38 bits per heavy atom. The number of hydrogen-bond acceptors (Lipinski definition) is 5. The monoisotopic (exact) mass is 490 g/mol. The summed E-state index contributed by atoms with van der Waals surface area (Å²) in [4.78, 5) is 24.1. The van der Waals surface area contributed by atoms with Gasteiger partial charge in [-0.1, -0.05) is 46.3 Å². The molecule has 0 atom stereocenters. The topological polar surface area (TPSA) is 88.4 Å². The van der Waals surface area contributed by atoms with Gasteiger partial charge in [-0.25, -0.2) is 4.79 Å². The van der Waals surface area contributed by atoms with E-state index in [0.29, 0.717) is 29.2 Å². The minimum Gasteiger partial charge on any atom is -0.488 e. The van der Waals surface area contributed by atoms with Gasteiger partial charge in [0.1, 0.15) is 24.0 Å². The lowest BCUT2D eigenvalue weighted by atomic mass is 10.1. The summed E-state index contributed by atoms with van der Waals surface area (Å²) in [6.45, 7) is 0.346. The molecule has 0 aliphatic rings. The summed E-state index contributed by atoms with van der Waals surface area (Å²) in [7, 11) is 1.29. The number of carbonyl (C=O) groups is 2. The van der Waals surface area contributed by atoms with E-state index < -0.39 is 11.9 Å². The third-order valence-corrected chi connectivity index (χ3v) is 4.98. The number of nitrogens with zero attached hydrogens (tertiary/aromatic N) is 1. The van der Waals surface area contributed by atoms with Crippen LogP contribution in [0, 0.1) is 11.3 Å². The van der Waals surface area contributed by atoms with E-state index in [2.05, 4.69) is 26.0 Å². The van der Waals surface area contributed by atoms with Gasteiger partial charge in [-0.2, -0.15) is 5.26 Å². The standard InChI is InChI=1S/C25H19BrN2O4/c1-31-25(30)18-8-12-22(13-9-18)28-24(29)20(15-27)14-19-4-2-3-5-23(19)32-16-17-6-10-21(26)11-7-17/h2-14H,16H2,1H3,(H,28,29)/b20-14+. The number of hydrogen-bond donors (Lipinski definition) is 1. The molecule has 0 radical (unpaired) electrons. The maximum atomic E-state index is 12.6. The van der Waals surface area contributed by atoms with Crippen molar-refractivity contribution in [2.75, 3.05) is 12.4 Å². The van der Waals surface area contributed by atoms with Gasteiger partial charge in [-0.3, -0.25) is 4.79 Å². The first-order chi connectivity index (χ1) is 15.5. The van der Waals surface area contributed by atoms with Crippen molar-refractivity contribution in [3.05, 3.63) is 99.5 Å². The Balaban J connectivity index is 1.74. The Kier molecular flexibility index (Phi) is 7.79. The zero-order valence-corrected chi connectivity index (χ0v) is 18.8. The van der Waals surface area contributed by atoms with Crippen molar-refractivity contribution in [1.29, 1.82) is 5.26 Å². The van der Waals surface area contributed by atoms with E-state index in [0.717, 1.165) is 10.0 Å². The molecule has 1 N–H and O–H groups in total. The van der Waals surface area contributed by atoms with E-state index in [1.807, 2.05) is 36.4 Å². The molecular weight excluding hydrogens is 472 g/mol. The number of rotatable bonds is 7. The number of halogens is 1. The van der Waals surface area contributed by atoms with Crippen molar-refractivity contribution in [3.63, 3.8) is 0 Å². The number of methoxy groups -OCH3 is 1. The quantitative estimate of drug-likeness (QED) is 0.273. The van der Waals surface area contributed by atoms with Crippen molar-refractivity contribution in [2.24, 2.45) is 0 Å². The minimum atomic E-state index is -0.568. The number of anilines is 1. The van der Waals surface area contributed by atoms with Crippen molar-refractivity contribution in [2.45, 2.75) is 6.61 Å². The lowest BCUT2D eigenvalue weighted by Gasteiger charge is -2.10. The summed E-state index contributed by atoms with van der Waals surface area (Å²) in [5, 5.41) is 12.2. The first-order valence-electron chi connectivity index (χ1n) is 9.58. The van der Waals surface area contributed by atoms with Crippen LogP contribution in [0.15, 0.2) is 82.8 Å². The van der Waals surface area contributed by atoms with E-state index in [-0.39, 0.29) is 5.57 Å². The van der Waals surface area contributed by atoms with Gasteiger partial charge in [0.25, 0.3) is 5.91 Å². The highest BCUT2D eigenvalue weighted by molar-refractivity contribution is 9.10. The van der Waals surface area contributed by atoms with Crippen molar-refractivity contribution in [3.8, 4) is 11.8 Å². The van der Waals surface area contributed by atoms with Gasteiger partial charge in [-0.05, 0) is 54.1 Å². The van der Waals surface area contributed by atoms with Crippen LogP contribution in [0.1, 0.15) is 21.5 Å². The van der Waals surface area contributed by atoms with E-state index in [1.165, 1.54) is 25.3 Å². The molecule has 32 heavy (non-hydrogen) atoms. The molecular formula is C25H19BrN2O4. The molecule has 0 saturated carbocycles. The van der Waals surface area contributed by atoms with E-state index in [1.54, 1.807) is 30.3 Å². The lowest BCUT2D eigenvalue weighted by Crippen LogP contribution is -2.13. The average molecular weight is 491 g/mol. The Morgan fingerprint density at radius 2 is 1.72 bits per heavy atom. The van der Waals surface area contributed by atoms with Crippen molar-refractivity contribution in [1.82, 2.24) is 0 Å². The highest BCUT2D eigenvalue weighted by atomic mass is 79.9. The number of benzene rings is 3. The molecule has 0 aliphatic carbocycles. The minimum absolute atomic E-state index is 0.0817. The van der Waals surface area contributed by atoms with Crippen LogP contribution in [0.5, 0.6) is 5.75 Å². The summed E-state index contributed by atoms with van der Waals surface area (Å²) in [5.74, 6) is -0.486. The van der Waals surface area contributed by atoms with Crippen LogP contribution in [0.3, 0.4) is 0 Å². The maximum Gasteiger partial charge on any atom is 0.337 e. The third kappa shape index (κ3) is 6.06. The molecule has 0 bridgehead atoms. The highest BCUT2D eigenvalue weighted by Crippen LogP contribution is 2.23. The second-order valence-electron chi connectivity index (χ2n) is 6.65. The van der Waals surface area contributed by atoms with Gasteiger partial charge in [0.2, 0.25) is 0 Å². The predicted molar refractivity (Wildman–Crippen MR) is 125 cm³/mol. The van der Waals surface area contributed by atoms with Crippen molar-refractivity contribution >= 4 is 39.6 Å². The smallest absolute Gasteiger partial charge is 0.337 e.